The lowest BCUT2D eigenvalue weighted by Crippen LogP contribution is -2.38. The number of fused-ring (bicyclic) bond motifs is 2. The number of imidazole rings is 1. The summed E-state index contributed by atoms with van der Waals surface area (Å²) in [5, 5.41) is 12.3. The van der Waals surface area contributed by atoms with Crippen molar-refractivity contribution in [3.63, 3.8) is 0 Å². The predicted molar refractivity (Wildman–Crippen MR) is 57.1 cm³/mol. The molecule has 7 heteroatoms. The molecule has 2 aromatic heterocycles. The van der Waals surface area contributed by atoms with Crippen LogP contribution in [0.1, 0.15) is 19.4 Å². The van der Waals surface area contributed by atoms with E-state index >= 15 is 0 Å². The summed E-state index contributed by atoms with van der Waals surface area (Å²) in [6.07, 6.45) is 1.25. The molecule has 0 bridgehead atoms. The highest BCUT2D eigenvalue weighted by Crippen LogP contribution is 2.23. The van der Waals surface area contributed by atoms with Gasteiger partial charge in [-0.15, -0.1) is 0 Å². The number of aromatic amines is 1. The molecule has 16 heavy (non-hydrogen) atoms. The molecule has 0 saturated heterocycles. The molecule has 7 nitrogen and oxygen atoms in total. The van der Waals surface area contributed by atoms with E-state index in [0.717, 1.165) is 0 Å². The zero-order chi connectivity index (χ0) is 11.3. The molecule has 0 fully saturated rings. The van der Waals surface area contributed by atoms with Gasteiger partial charge in [-0.3, -0.25) is 9.36 Å². The van der Waals surface area contributed by atoms with Crippen LogP contribution in [0, 0.1) is 0 Å². The molecule has 84 valence electrons. The third kappa shape index (κ3) is 1.15. The fraction of sp³-hybridized carbons (Fsp3) is 0.444. The van der Waals surface area contributed by atoms with Crippen molar-refractivity contribution in [3.05, 3.63) is 16.7 Å². The number of nitrogens with one attached hydrogen (secondary N) is 2. The highest BCUT2D eigenvalue weighted by atomic mass is 16.3. The molecule has 0 amide bonds. The number of aromatic nitrogens is 4. The molecule has 3 heterocycles. The number of rotatable bonds is 0. The summed E-state index contributed by atoms with van der Waals surface area (Å²) in [5.41, 5.74) is 0.600. The summed E-state index contributed by atoms with van der Waals surface area (Å²) in [5.74, 6) is 0.371. The molecule has 3 rings (SSSR count). The van der Waals surface area contributed by atoms with E-state index < -0.39 is 6.23 Å². The number of aliphatic hydroxyl groups is 1. The van der Waals surface area contributed by atoms with Crippen LogP contribution in [0.15, 0.2) is 11.1 Å². The first-order valence-electron chi connectivity index (χ1n) is 5.07. The average Bonchev–Trinajstić information content (AvgIpc) is 2.64. The van der Waals surface area contributed by atoms with Crippen LogP contribution >= 0.6 is 0 Å². The van der Waals surface area contributed by atoms with Crippen molar-refractivity contribution in [3.8, 4) is 0 Å². The van der Waals surface area contributed by atoms with Crippen LogP contribution in [0.25, 0.3) is 11.2 Å². The van der Waals surface area contributed by atoms with Crippen LogP contribution < -0.4 is 10.9 Å². The molecule has 2 aromatic rings. The number of H-pyrrole nitrogens is 1. The van der Waals surface area contributed by atoms with Crippen LogP contribution in [-0.2, 0) is 0 Å². The van der Waals surface area contributed by atoms with E-state index in [2.05, 4.69) is 20.3 Å². The summed E-state index contributed by atoms with van der Waals surface area (Å²) in [7, 11) is 0. The quantitative estimate of drug-likeness (QED) is 0.573. The molecule has 0 saturated carbocycles. The van der Waals surface area contributed by atoms with Crippen molar-refractivity contribution in [1.29, 1.82) is 0 Å². The first kappa shape index (κ1) is 9.34. The first-order valence-corrected chi connectivity index (χ1v) is 5.07. The van der Waals surface area contributed by atoms with E-state index in [9.17, 15) is 9.90 Å². The van der Waals surface area contributed by atoms with Crippen molar-refractivity contribution < 1.29 is 5.11 Å². The molecule has 0 spiro atoms. The molecular weight excluding hydrogens is 210 g/mol. The molecule has 1 aliphatic rings. The van der Waals surface area contributed by atoms with Crippen LogP contribution in [0.2, 0.25) is 0 Å². The van der Waals surface area contributed by atoms with Crippen LogP contribution in [0.4, 0.5) is 5.95 Å². The van der Waals surface area contributed by atoms with E-state index in [1.165, 1.54) is 10.9 Å². The average molecular weight is 221 g/mol. The van der Waals surface area contributed by atoms with Crippen LogP contribution in [-0.4, -0.2) is 30.9 Å². The zero-order valence-electron chi connectivity index (χ0n) is 8.64. The second-order valence-electron chi connectivity index (χ2n) is 3.96. The van der Waals surface area contributed by atoms with Crippen molar-refractivity contribution in [2.45, 2.75) is 25.6 Å². The summed E-state index contributed by atoms with van der Waals surface area (Å²) < 4.78 is 1.53. The maximum Gasteiger partial charge on any atom is 0.281 e. The minimum absolute atomic E-state index is 0.0843. The summed E-state index contributed by atoms with van der Waals surface area (Å²) in [4.78, 5) is 23.0. The van der Waals surface area contributed by atoms with Crippen molar-refractivity contribution in [2.75, 3.05) is 5.32 Å². The fourth-order valence-electron chi connectivity index (χ4n) is 2.05. The summed E-state index contributed by atoms with van der Waals surface area (Å²) >= 11 is 0. The Bertz CT molecular complexity index is 601. The maximum absolute atomic E-state index is 12.1. The second kappa shape index (κ2) is 3.05. The minimum atomic E-state index is -0.668. The zero-order valence-corrected chi connectivity index (χ0v) is 8.64. The standard InChI is InChI=1S/C9H11N5O2/c1-4-2-5(15)12-9-13-7-6(10-3-11-7)8(16)14(4)9/h3-5,15H,2H2,1H3,(H,10,11)(H,12,13)/t4-,5+/m0/s1. The van der Waals surface area contributed by atoms with Gasteiger partial charge in [-0.25, -0.2) is 4.98 Å². The third-order valence-corrected chi connectivity index (χ3v) is 2.79. The monoisotopic (exact) mass is 221 g/mol. The van der Waals surface area contributed by atoms with E-state index in [1.807, 2.05) is 6.92 Å². The SMILES string of the molecule is C[C@H]1C[C@@H](O)Nc2nc3nc[nH]c3c(=O)n21. The van der Waals surface area contributed by atoms with Gasteiger partial charge in [-0.05, 0) is 6.92 Å². The Hall–Kier alpha value is -1.89. The van der Waals surface area contributed by atoms with Gasteiger partial charge in [-0.2, -0.15) is 4.98 Å². The summed E-state index contributed by atoms with van der Waals surface area (Å²) in [6, 6.07) is -0.0843. The van der Waals surface area contributed by atoms with E-state index in [0.29, 0.717) is 23.5 Å². The van der Waals surface area contributed by atoms with Gasteiger partial charge in [0.1, 0.15) is 6.23 Å². The van der Waals surface area contributed by atoms with Crippen LogP contribution in [0.5, 0.6) is 0 Å². The van der Waals surface area contributed by atoms with Crippen molar-refractivity contribution in [2.24, 2.45) is 0 Å². The number of hydrogen-bond donors (Lipinski definition) is 3. The Kier molecular flexibility index (Phi) is 1.78. The Morgan fingerprint density at radius 3 is 3.25 bits per heavy atom. The maximum atomic E-state index is 12.1. The van der Waals surface area contributed by atoms with Gasteiger partial charge in [-0.1, -0.05) is 0 Å². The molecule has 0 aromatic carbocycles. The van der Waals surface area contributed by atoms with Crippen LogP contribution in [0.3, 0.4) is 0 Å². The fourth-order valence-corrected chi connectivity index (χ4v) is 2.05. The predicted octanol–water partition coefficient (Wildman–Crippen LogP) is -0.185. The molecule has 0 aliphatic carbocycles. The van der Waals surface area contributed by atoms with Gasteiger partial charge in [0, 0.05) is 12.5 Å². The van der Waals surface area contributed by atoms with Gasteiger partial charge in [0.05, 0.1) is 6.33 Å². The Morgan fingerprint density at radius 1 is 1.62 bits per heavy atom. The lowest BCUT2D eigenvalue weighted by molar-refractivity contribution is 0.159. The number of anilines is 1. The normalized spacial score (nSPS) is 24.1. The third-order valence-electron chi connectivity index (χ3n) is 2.79. The topological polar surface area (TPSA) is 95.8 Å². The Labute approximate surface area is 90.2 Å². The lowest BCUT2D eigenvalue weighted by atomic mass is 10.2. The van der Waals surface area contributed by atoms with Gasteiger partial charge in [0.15, 0.2) is 11.2 Å². The Balaban J connectivity index is 2.35. The minimum Gasteiger partial charge on any atom is -0.374 e. The molecular formula is C9H11N5O2. The second-order valence-corrected chi connectivity index (χ2v) is 3.96. The highest BCUT2D eigenvalue weighted by Gasteiger charge is 2.25. The van der Waals surface area contributed by atoms with Gasteiger partial charge in [0.2, 0.25) is 5.95 Å². The molecule has 0 radical (unpaired) electrons. The Morgan fingerprint density at radius 2 is 2.44 bits per heavy atom. The van der Waals surface area contributed by atoms with Gasteiger partial charge in [0.25, 0.3) is 5.56 Å². The number of nitrogens with zero attached hydrogens (tertiary/aromatic N) is 3. The lowest BCUT2D eigenvalue weighted by Gasteiger charge is -2.28. The summed E-state index contributed by atoms with van der Waals surface area (Å²) in [6.45, 7) is 1.87. The van der Waals surface area contributed by atoms with Gasteiger partial charge >= 0.3 is 0 Å². The largest absolute Gasteiger partial charge is 0.374 e. The van der Waals surface area contributed by atoms with E-state index in [1.54, 1.807) is 0 Å². The van der Waals surface area contributed by atoms with Gasteiger partial charge < -0.3 is 15.4 Å². The molecule has 0 unspecified atom stereocenters. The molecule has 3 N–H and O–H groups in total. The van der Waals surface area contributed by atoms with E-state index in [4.69, 9.17) is 0 Å². The first-order chi connectivity index (χ1) is 7.66. The molecule has 2 atom stereocenters. The molecule has 1 aliphatic heterocycles. The van der Waals surface area contributed by atoms with Crippen molar-refractivity contribution >= 4 is 17.1 Å². The van der Waals surface area contributed by atoms with Crippen molar-refractivity contribution in [1.82, 2.24) is 19.5 Å². The number of hydrogen-bond acceptors (Lipinski definition) is 5. The number of aliphatic hydroxyl groups excluding tert-OH is 1. The van der Waals surface area contributed by atoms with E-state index in [-0.39, 0.29) is 11.6 Å². The smallest absolute Gasteiger partial charge is 0.281 e. The highest BCUT2D eigenvalue weighted by molar-refractivity contribution is 5.70.